The van der Waals surface area contributed by atoms with Crippen LogP contribution in [0.2, 0.25) is 0 Å². The van der Waals surface area contributed by atoms with Gasteiger partial charge < -0.3 is 15.2 Å². The first-order valence-electron chi connectivity index (χ1n) is 5.60. The molecule has 1 fully saturated rings. The number of amides is 1. The highest BCUT2D eigenvalue weighted by atomic mass is 32.2. The molecule has 0 radical (unpaired) electrons. The van der Waals surface area contributed by atoms with Crippen LogP contribution in [0.5, 0.6) is 0 Å². The van der Waals surface area contributed by atoms with Crippen molar-refractivity contribution in [2.24, 2.45) is 5.92 Å². The molecule has 0 spiro atoms. The molecule has 1 amide bonds. The van der Waals surface area contributed by atoms with Gasteiger partial charge in [-0.15, -0.1) is 0 Å². The Morgan fingerprint density at radius 1 is 1.59 bits per heavy atom. The van der Waals surface area contributed by atoms with E-state index in [4.69, 9.17) is 4.74 Å². The Labute approximate surface area is 101 Å². The second kappa shape index (κ2) is 6.32. The van der Waals surface area contributed by atoms with E-state index in [1.807, 2.05) is 0 Å². The maximum absolute atomic E-state index is 11.6. The summed E-state index contributed by atoms with van der Waals surface area (Å²) in [4.78, 5) is 11.6. The smallest absolute Gasteiger partial charge is 0.224 e. The van der Waals surface area contributed by atoms with Crippen LogP contribution in [0.15, 0.2) is 0 Å². The van der Waals surface area contributed by atoms with Crippen LogP contribution in [0.4, 0.5) is 0 Å². The maximum Gasteiger partial charge on any atom is 0.224 e. The summed E-state index contributed by atoms with van der Waals surface area (Å²) >= 11 is 0. The molecule has 1 saturated heterocycles. The van der Waals surface area contributed by atoms with Gasteiger partial charge in [-0.25, -0.2) is 8.42 Å². The quantitative estimate of drug-likeness (QED) is 0.638. The van der Waals surface area contributed by atoms with Gasteiger partial charge in [0.1, 0.15) is 0 Å². The van der Waals surface area contributed by atoms with Crippen molar-refractivity contribution in [1.29, 1.82) is 0 Å². The highest BCUT2D eigenvalue weighted by Crippen LogP contribution is 2.18. The van der Waals surface area contributed by atoms with E-state index in [1.54, 1.807) is 0 Å². The van der Waals surface area contributed by atoms with Crippen molar-refractivity contribution >= 4 is 15.7 Å². The van der Waals surface area contributed by atoms with Gasteiger partial charge in [0.25, 0.3) is 0 Å². The molecule has 1 aliphatic rings. The third-order valence-corrected chi connectivity index (χ3v) is 4.51. The monoisotopic (exact) mass is 265 g/mol. The van der Waals surface area contributed by atoms with Crippen molar-refractivity contribution in [1.82, 2.24) is 5.32 Å². The fourth-order valence-corrected chi connectivity index (χ4v) is 3.53. The minimum atomic E-state index is -3.02. The molecule has 6 nitrogen and oxygen atoms in total. The number of rotatable bonds is 6. The molecule has 1 rings (SSSR count). The molecule has 0 bridgehead atoms. The molecule has 17 heavy (non-hydrogen) atoms. The molecule has 0 aromatic rings. The summed E-state index contributed by atoms with van der Waals surface area (Å²) in [7, 11) is -1.53. The summed E-state index contributed by atoms with van der Waals surface area (Å²) in [5, 5.41) is 12.0. The topological polar surface area (TPSA) is 92.7 Å². The number of hydrogen-bond acceptors (Lipinski definition) is 5. The first-order valence-corrected chi connectivity index (χ1v) is 7.42. The summed E-state index contributed by atoms with van der Waals surface area (Å²) in [6, 6.07) is 0. The SMILES string of the molecule is COCC(O)CCNC(=O)C1CCS(=O)(=O)C1. The highest BCUT2D eigenvalue weighted by Gasteiger charge is 2.32. The van der Waals surface area contributed by atoms with E-state index in [-0.39, 0.29) is 24.0 Å². The Hall–Kier alpha value is -0.660. The van der Waals surface area contributed by atoms with Crippen molar-refractivity contribution in [2.45, 2.75) is 18.9 Å². The predicted octanol–water partition coefficient (Wildman–Crippen LogP) is -1.07. The van der Waals surface area contributed by atoms with Crippen LogP contribution in [-0.2, 0) is 19.4 Å². The van der Waals surface area contributed by atoms with Crippen LogP contribution >= 0.6 is 0 Å². The number of aliphatic hydroxyl groups excluding tert-OH is 1. The third-order valence-electron chi connectivity index (χ3n) is 2.74. The van der Waals surface area contributed by atoms with Crippen LogP contribution in [0.3, 0.4) is 0 Å². The second-order valence-corrected chi connectivity index (χ2v) is 6.52. The number of carbonyl (C=O) groups is 1. The second-order valence-electron chi connectivity index (χ2n) is 4.29. The fraction of sp³-hybridized carbons (Fsp3) is 0.900. The van der Waals surface area contributed by atoms with Crippen LogP contribution < -0.4 is 5.32 Å². The van der Waals surface area contributed by atoms with E-state index in [1.165, 1.54) is 7.11 Å². The van der Waals surface area contributed by atoms with Crippen molar-refractivity contribution < 1.29 is 23.1 Å². The lowest BCUT2D eigenvalue weighted by Crippen LogP contribution is -2.34. The van der Waals surface area contributed by atoms with Gasteiger partial charge in [0, 0.05) is 13.7 Å². The molecule has 0 aromatic carbocycles. The summed E-state index contributed by atoms with van der Waals surface area (Å²) in [5.41, 5.74) is 0. The van der Waals surface area contributed by atoms with Crippen molar-refractivity contribution in [3.63, 3.8) is 0 Å². The average Bonchev–Trinajstić information content (AvgIpc) is 2.59. The number of hydrogen-bond donors (Lipinski definition) is 2. The standard InChI is InChI=1S/C10H19NO5S/c1-16-6-9(12)2-4-11-10(13)8-3-5-17(14,15)7-8/h8-9,12H,2-7H2,1H3,(H,11,13). The van der Waals surface area contributed by atoms with E-state index in [9.17, 15) is 18.3 Å². The van der Waals surface area contributed by atoms with Crippen LogP contribution in [0, 0.1) is 5.92 Å². The Morgan fingerprint density at radius 2 is 2.29 bits per heavy atom. The Balaban J connectivity index is 2.22. The lowest BCUT2D eigenvalue weighted by atomic mass is 10.1. The van der Waals surface area contributed by atoms with Gasteiger partial charge in [-0.05, 0) is 12.8 Å². The van der Waals surface area contributed by atoms with E-state index in [2.05, 4.69) is 5.32 Å². The molecule has 100 valence electrons. The first-order chi connectivity index (χ1) is 7.94. The Bertz CT molecular complexity index is 354. The molecule has 1 heterocycles. The normalized spacial score (nSPS) is 24.5. The van der Waals surface area contributed by atoms with Gasteiger partial charge in [0.05, 0.1) is 30.1 Å². The van der Waals surface area contributed by atoms with Gasteiger partial charge in [0.2, 0.25) is 5.91 Å². The molecular formula is C10H19NO5S. The third kappa shape index (κ3) is 5.01. The minimum absolute atomic E-state index is 0.0561. The Kier molecular flexibility index (Phi) is 5.35. The number of methoxy groups -OCH3 is 1. The van der Waals surface area contributed by atoms with Gasteiger partial charge in [-0.2, -0.15) is 0 Å². The van der Waals surface area contributed by atoms with E-state index < -0.39 is 21.9 Å². The summed E-state index contributed by atoms with van der Waals surface area (Å²) < 4.78 is 27.1. The molecule has 7 heteroatoms. The van der Waals surface area contributed by atoms with Crippen molar-refractivity contribution in [3.05, 3.63) is 0 Å². The van der Waals surface area contributed by atoms with Gasteiger partial charge in [-0.1, -0.05) is 0 Å². The van der Waals surface area contributed by atoms with Crippen LogP contribution in [0.1, 0.15) is 12.8 Å². The number of ether oxygens (including phenoxy) is 1. The molecule has 0 aromatic heterocycles. The lowest BCUT2D eigenvalue weighted by Gasteiger charge is -2.12. The van der Waals surface area contributed by atoms with Gasteiger partial charge in [0.15, 0.2) is 9.84 Å². The van der Waals surface area contributed by atoms with Crippen LogP contribution in [0.25, 0.3) is 0 Å². The zero-order valence-electron chi connectivity index (χ0n) is 9.89. The largest absolute Gasteiger partial charge is 0.391 e. The molecule has 2 unspecified atom stereocenters. The van der Waals surface area contributed by atoms with E-state index >= 15 is 0 Å². The van der Waals surface area contributed by atoms with E-state index in [0.29, 0.717) is 19.4 Å². The van der Waals surface area contributed by atoms with E-state index in [0.717, 1.165) is 0 Å². The minimum Gasteiger partial charge on any atom is -0.391 e. The van der Waals surface area contributed by atoms with Crippen LogP contribution in [-0.4, -0.2) is 57.3 Å². The van der Waals surface area contributed by atoms with Crippen molar-refractivity contribution in [3.8, 4) is 0 Å². The number of nitrogens with one attached hydrogen (secondary N) is 1. The summed E-state index contributed by atoms with van der Waals surface area (Å²) in [6.07, 6.45) is 0.195. The molecule has 2 atom stereocenters. The molecular weight excluding hydrogens is 246 g/mol. The van der Waals surface area contributed by atoms with Gasteiger partial charge >= 0.3 is 0 Å². The first kappa shape index (κ1) is 14.4. The van der Waals surface area contributed by atoms with Crippen molar-refractivity contribution in [2.75, 3.05) is 31.8 Å². The number of carbonyl (C=O) groups excluding carboxylic acids is 1. The zero-order chi connectivity index (χ0) is 12.9. The number of aliphatic hydroxyl groups is 1. The molecule has 1 aliphatic heterocycles. The molecule has 0 aliphatic carbocycles. The predicted molar refractivity (Wildman–Crippen MR) is 62.3 cm³/mol. The number of sulfone groups is 1. The van der Waals surface area contributed by atoms with Gasteiger partial charge in [-0.3, -0.25) is 4.79 Å². The summed E-state index contributed by atoms with van der Waals surface area (Å²) in [5.74, 6) is -0.633. The maximum atomic E-state index is 11.6. The summed E-state index contributed by atoms with van der Waals surface area (Å²) in [6.45, 7) is 0.563. The fourth-order valence-electron chi connectivity index (χ4n) is 1.78. The Morgan fingerprint density at radius 3 is 2.82 bits per heavy atom. The molecule has 0 saturated carbocycles. The molecule has 2 N–H and O–H groups in total. The average molecular weight is 265 g/mol. The highest BCUT2D eigenvalue weighted by molar-refractivity contribution is 7.91. The lowest BCUT2D eigenvalue weighted by molar-refractivity contribution is -0.124. The zero-order valence-corrected chi connectivity index (χ0v) is 10.7.